The highest BCUT2D eigenvalue weighted by atomic mass is 16.6. The topological polar surface area (TPSA) is 101 Å². The zero-order valence-corrected chi connectivity index (χ0v) is 22.5. The molecule has 6 rings (SSSR count). The van der Waals surface area contributed by atoms with Gasteiger partial charge in [-0.05, 0) is 124 Å². The lowest BCUT2D eigenvalue weighted by Gasteiger charge is -2.63. The van der Waals surface area contributed by atoms with E-state index in [1.165, 1.54) is 6.07 Å². The molecule has 1 aromatic heterocycles. The first-order valence-electron chi connectivity index (χ1n) is 14.7. The summed E-state index contributed by atoms with van der Waals surface area (Å²) in [6.45, 7) is 6.65. The van der Waals surface area contributed by atoms with Crippen LogP contribution in [-0.4, -0.2) is 42.0 Å². The third-order valence-electron chi connectivity index (χ3n) is 11.9. The number of alkyl carbamates (subject to hydrolysis) is 1. The van der Waals surface area contributed by atoms with Gasteiger partial charge in [0, 0.05) is 17.5 Å². The number of nitrogens with one attached hydrogen (secondary N) is 2. The van der Waals surface area contributed by atoms with Crippen LogP contribution >= 0.6 is 0 Å². The van der Waals surface area contributed by atoms with Crippen LogP contribution in [0.4, 0.5) is 4.79 Å². The van der Waals surface area contributed by atoms with Crippen molar-refractivity contribution in [3.8, 4) is 0 Å². The van der Waals surface area contributed by atoms with Crippen molar-refractivity contribution in [3.05, 3.63) is 34.4 Å². The zero-order chi connectivity index (χ0) is 25.8. The van der Waals surface area contributed by atoms with Gasteiger partial charge in [-0.25, -0.2) is 9.59 Å². The first-order chi connectivity index (χ1) is 17.7. The number of fused-ring (bicyclic) bond motifs is 5. The molecule has 0 spiro atoms. The van der Waals surface area contributed by atoms with Crippen LogP contribution in [0.3, 0.4) is 0 Å². The van der Waals surface area contributed by atoms with Gasteiger partial charge in [-0.1, -0.05) is 13.8 Å². The van der Waals surface area contributed by atoms with Gasteiger partial charge in [-0.15, -0.1) is 0 Å². The summed E-state index contributed by atoms with van der Waals surface area (Å²) < 4.78 is 11.2. The van der Waals surface area contributed by atoms with Crippen molar-refractivity contribution >= 4 is 6.09 Å². The first kappa shape index (κ1) is 25.4. The van der Waals surface area contributed by atoms with E-state index in [0.717, 1.165) is 89.3 Å². The van der Waals surface area contributed by atoms with E-state index in [-0.39, 0.29) is 40.6 Å². The molecule has 1 saturated heterocycles. The molecule has 1 aromatic rings. The summed E-state index contributed by atoms with van der Waals surface area (Å²) in [4.78, 5) is 24.1. The molecule has 5 aliphatic rings. The normalized spacial score (nSPS) is 43.8. The number of carbonyl (C=O) groups excluding carboxylic acids is 1. The Hall–Kier alpha value is -1.86. The molecule has 204 valence electrons. The van der Waals surface area contributed by atoms with Gasteiger partial charge in [0.05, 0.1) is 11.9 Å². The van der Waals surface area contributed by atoms with Gasteiger partial charge >= 0.3 is 11.7 Å². The summed E-state index contributed by atoms with van der Waals surface area (Å²) in [7, 11) is 0. The molecule has 8 atom stereocenters. The fraction of sp³-hybridized carbons (Fsp3) is 0.800. The number of ether oxygens (including phenoxy) is 1. The van der Waals surface area contributed by atoms with E-state index in [4.69, 9.17) is 9.15 Å². The summed E-state index contributed by atoms with van der Waals surface area (Å²) in [6.07, 6.45) is 12.2. The standard InChI is InChI=1S/C30H44N2O5/c1-28-12-7-22(37-27(34)32-21-10-15-31-16-11-21)17-20(28)4-5-25-24(28)8-13-29(2)23(9-14-30(25,29)35)19-3-6-26(33)36-18-19/h3,6,18,20-25,31,35H,4-5,7-17H2,1-2H3,(H,32,34). The zero-order valence-electron chi connectivity index (χ0n) is 22.5. The highest BCUT2D eigenvalue weighted by Gasteiger charge is 2.67. The molecule has 4 saturated carbocycles. The summed E-state index contributed by atoms with van der Waals surface area (Å²) in [5, 5.41) is 18.8. The smallest absolute Gasteiger partial charge is 0.407 e. The van der Waals surface area contributed by atoms with Crippen molar-refractivity contribution in [3.63, 3.8) is 0 Å². The van der Waals surface area contributed by atoms with E-state index in [9.17, 15) is 14.7 Å². The molecule has 0 radical (unpaired) electrons. The van der Waals surface area contributed by atoms with E-state index in [2.05, 4.69) is 24.5 Å². The monoisotopic (exact) mass is 512 g/mol. The average Bonchev–Trinajstić information content (AvgIpc) is 3.16. The number of hydrogen-bond acceptors (Lipinski definition) is 6. The predicted molar refractivity (Wildman–Crippen MR) is 140 cm³/mol. The lowest BCUT2D eigenvalue weighted by Crippen LogP contribution is -2.62. The molecule has 4 aliphatic carbocycles. The third kappa shape index (κ3) is 4.15. The van der Waals surface area contributed by atoms with E-state index in [1.807, 2.05) is 6.07 Å². The fourth-order valence-corrected chi connectivity index (χ4v) is 9.71. The van der Waals surface area contributed by atoms with E-state index in [0.29, 0.717) is 17.8 Å². The van der Waals surface area contributed by atoms with Crippen LogP contribution in [0, 0.1) is 28.6 Å². The Bertz CT molecular complexity index is 1050. The Morgan fingerprint density at radius 2 is 1.84 bits per heavy atom. The quantitative estimate of drug-likeness (QED) is 0.541. The second kappa shape index (κ2) is 9.41. The number of hydrogen-bond donors (Lipinski definition) is 3. The lowest BCUT2D eigenvalue weighted by molar-refractivity contribution is -0.205. The van der Waals surface area contributed by atoms with Crippen LogP contribution in [0.2, 0.25) is 0 Å². The lowest BCUT2D eigenvalue weighted by atomic mass is 9.43. The van der Waals surface area contributed by atoms with Gasteiger partial charge in [0.1, 0.15) is 6.10 Å². The molecule has 7 nitrogen and oxygen atoms in total. The maximum absolute atomic E-state index is 12.6. The van der Waals surface area contributed by atoms with Crippen molar-refractivity contribution in [1.82, 2.24) is 10.6 Å². The van der Waals surface area contributed by atoms with Gasteiger partial charge in [-0.2, -0.15) is 0 Å². The van der Waals surface area contributed by atoms with Gasteiger partial charge in [0.15, 0.2) is 0 Å². The number of aliphatic hydroxyl groups is 1. The van der Waals surface area contributed by atoms with Gasteiger partial charge in [0.25, 0.3) is 0 Å². The molecular weight excluding hydrogens is 468 g/mol. The maximum Gasteiger partial charge on any atom is 0.407 e. The molecular formula is C30H44N2O5. The van der Waals surface area contributed by atoms with Crippen molar-refractivity contribution < 1.29 is 19.1 Å². The third-order valence-corrected chi connectivity index (χ3v) is 11.9. The Kier molecular flexibility index (Phi) is 6.46. The Morgan fingerprint density at radius 1 is 1.03 bits per heavy atom. The highest BCUT2D eigenvalue weighted by Crippen LogP contribution is 2.70. The molecule has 1 aliphatic heterocycles. The van der Waals surface area contributed by atoms with Crippen LogP contribution < -0.4 is 16.3 Å². The van der Waals surface area contributed by atoms with Crippen LogP contribution in [0.15, 0.2) is 27.6 Å². The van der Waals surface area contributed by atoms with Gasteiger partial charge in [0.2, 0.25) is 0 Å². The molecule has 0 bridgehead atoms. The predicted octanol–water partition coefficient (Wildman–Crippen LogP) is 4.73. The molecule has 0 aromatic carbocycles. The number of carbonyl (C=O) groups is 1. The van der Waals surface area contributed by atoms with Crippen LogP contribution in [0.1, 0.15) is 96.0 Å². The molecule has 7 heteroatoms. The van der Waals surface area contributed by atoms with Crippen molar-refractivity contribution in [1.29, 1.82) is 0 Å². The average molecular weight is 513 g/mol. The first-order valence-corrected chi connectivity index (χ1v) is 14.7. The Balaban J connectivity index is 1.14. The number of rotatable bonds is 3. The Labute approximate surface area is 220 Å². The fourth-order valence-electron chi connectivity index (χ4n) is 9.71. The Morgan fingerprint density at radius 3 is 2.59 bits per heavy atom. The summed E-state index contributed by atoms with van der Waals surface area (Å²) in [6, 6.07) is 3.64. The molecule has 2 heterocycles. The summed E-state index contributed by atoms with van der Waals surface area (Å²) >= 11 is 0. The number of piperidine rings is 1. The minimum absolute atomic E-state index is 0.00289. The van der Waals surface area contributed by atoms with Crippen LogP contribution in [0.25, 0.3) is 0 Å². The minimum Gasteiger partial charge on any atom is -0.446 e. The largest absolute Gasteiger partial charge is 0.446 e. The minimum atomic E-state index is -0.688. The second-order valence-electron chi connectivity index (χ2n) is 13.3. The van der Waals surface area contributed by atoms with E-state index >= 15 is 0 Å². The summed E-state index contributed by atoms with van der Waals surface area (Å²) in [5.74, 6) is 1.55. The number of amides is 1. The second-order valence-corrected chi connectivity index (χ2v) is 13.3. The molecule has 1 amide bonds. The van der Waals surface area contributed by atoms with Gasteiger partial charge in [-0.3, -0.25) is 0 Å². The van der Waals surface area contributed by atoms with E-state index in [1.54, 1.807) is 6.26 Å². The van der Waals surface area contributed by atoms with Crippen molar-refractivity contribution in [2.75, 3.05) is 13.1 Å². The summed E-state index contributed by atoms with van der Waals surface area (Å²) in [5.41, 5.74) is 0.0253. The SMILES string of the molecule is CC12CCC(OC(=O)NC3CCNCC3)CC1CCC1C2CCC2(C)C(c3ccc(=O)oc3)CCC12O. The van der Waals surface area contributed by atoms with Crippen LogP contribution in [-0.2, 0) is 4.74 Å². The maximum atomic E-state index is 12.6. The van der Waals surface area contributed by atoms with Crippen molar-refractivity contribution in [2.24, 2.45) is 28.6 Å². The van der Waals surface area contributed by atoms with Crippen LogP contribution in [0.5, 0.6) is 0 Å². The molecule has 3 N–H and O–H groups in total. The highest BCUT2D eigenvalue weighted by molar-refractivity contribution is 5.67. The molecule has 37 heavy (non-hydrogen) atoms. The molecule has 5 fully saturated rings. The van der Waals surface area contributed by atoms with E-state index < -0.39 is 5.60 Å². The van der Waals surface area contributed by atoms with Gasteiger partial charge < -0.3 is 24.9 Å². The van der Waals surface area contributed by atoms with Crippen molar-refractivity contribution in [2.45, 2.75) is 108 Å². The molecule has 8 unspecified atom stereocenters.